The minimum Gasteiger partial charge on any atom is -0.378 e. The highest BCUT2D eigenvalue weighted by Crippen LogP contribution is 2.24. The highest BCUT2D eigenvalue weighted by Gasteiger charge is 2.25. The van der Waals surface area contributed by atoms with Crippen molar-refractivity contribution in [3.8, 4) is 0 Å². The Morgan fingerprint density at radius 3 is 1.36 bits per heavy atom. The fourth-order valence-electron chi connectivity index (χ4n) is 2.92. The van der Waals surface area contributed by atoms with Crippen LogP contribution in [0.4, 0.5) is 0 Å². The number of hydrogen-bond donors (Lipinski definition) is 1. The average Bonchev–Trinajstić information content (AvgIpc) is 2.74. The maximum absolute atomic E-state index is 11.8. The Labute approximate surface area is 221 Å². The number of nitrogens with one attached hydrogen (secondary N) is 1. The van der Waals surface area contributed by atoms with Crippen LogP contribution in [0.15, 0.2) is 0 Å². The molecule has 0 aliphatic carbocycles. The lowest BCUT2D eigenvalue weighted by Crippen LogP contribution is -2.38. The van der Waals surface area contributed by atoms with E-state index in [1.54, 1.807) is 0 Å². The van der Waals surface area contributed by atoms with Gasteiger partial charge in [0.15, 0.2) is 5.78 Å². The molecule has 0 saturated carbocycles. The summed E-state index contributed by atoms with van der Waals surface area (Å²) < 4.78 is 34.2. The molecule has 0 heterocycles. The van der Waals surface area contributed by atoms with Crippen molar-refractivity contribution in [2.24, 2.45) is 5.41 Å². The zero-order valence-electron chi connectivity index (χ0n) is 25.1. The van der Waals surface area contributed by atoms with Crippen molar-refractivity contribution < 1.29 is 33.2 Å². The molecule has 0 aromatic rings. The van der Waals surface area contributed by atoms with Crippen molar-refractivity contribution in [1.82, 2.24) is 5.32 Å². The van der Waals surface area contributed by atoms with Gasteiger partial charge in [-0.2, -0.15) is 0 Å². The maximum Gasteiger partial charge on any atom is 0.163 e. The van der Waals surface area contributed by atoms with Gasteiger partial charge in [0.2, 0.25) is 0 Å². The first-order chi connectivity index (χ1) is 16.5. The van der Waals surface area contributed by atoms with E-state index in [1.165, 1.54) is 0 Å². The summed E-state index contributed by atoms with van der Waals surface area (Å²) in [5, 5.41) is 3.39. The summed E-state index contributed by atoms with van der Waals surface area (Å²) in [7, 11) is 0. The van der Waals surface area contributed by atoms with E-state index in [9.17, 15) is 4.79 Å². The summed E-state index contributed by atoms with van der Waals surface area (Å²) in [6, 6.07) is 0. The van der Waals surface area contributed by atoms with Gasteiger partial charge in [-0.15, -0.1) is 0 Å². The van der Waals surface area contributed by atoms with Gasteiger partial charge in [0, 0.05) is 17.5 Å². The third-order valence-electron chi connectivity index (χ3n) is 5.49. The van der Waals surface area contributed by atoms with Gasteiger partial charge in [0.05, 0.1) is 70.7 Å². The van der Waals surface area contributed by atoms with Gasteiger partial charge in [-0.1, -0.05) is 20.8 Å². The third-order valence-corrected chi connectivity index (χ3v) is 5.49. The predicted octanol–water partition coefficient (Wildman–Crippen LogP) is 4.43. The summed E-state index contributed by atoms with van der Waals surface area (Å²) in [6.07, 6.45) is 1.75. The number of Topliss-reactive ketones (excluding diaryl/α,β-unsaturated/α-hetero) is 1. The Bertz CT molecular complexity index is 565. The van der Waals surface area contributed by atoms with E-state index in [2.05, 4.69) is 53.8 Å². The fourth-order valence-corrected chi connectivity index (χ4v) is 2.92. The van der Waals surface area contributed by atoms with E-state index in [0.717, 1.165) is 19.4 Å². The van der Waals surface area contributed by atoms with Crippen LogP contribution in [-0.4, -0.2) is 95.1 Å². The van der Waals surface area contributed by atoms with E-state index in [4.69, 9.17) is 28.4 Å². The second kappa shape index (κ2) is 17.8. The van der Waals surface area contributed by atoms with E-state index >= 15 is 0 Å². The van der Waals surface area contributed by atoms with Crippen molar-refractivity contribution in [2.75, 3.05) is 72.6 Å². The lowest BCUT2D eigenvalue weighted by atomic mass is 9.91. The molecule has 0 aromatic carbocycles. The highest BCUT2D eigenvalue weighted by molar-refractivity contribution is 5.84. The van der Waals surface area contributed by atoms with Crippen LogP contribution in [0.3, 0.4) is 0 Å². The van der Waals surface area contributed by atoms with Crippen LogP contribution < -0.4 is 5.32 Å². The maximum atomic E-state index is 11.8. The minimum absolute atomic E-state index is 0.0945. The lowest BCUT2D eigenvalue weighted by Gasteiger charge is -2.31. The first-order valence-corrected chi connectivity index (χ1v) is 13.4. The summed E-state index contributed by atoms with van der Waals surface area (Å²) in [6.45, 7) is 26.2. The summed E-state index contributed by atoms with van der Waals surface area (Å²) in [4.78, 5) is 11.8. The van der Waals surface area contributed by atoms with Crippen molar-refractivity contribution in [1.29, 1.82) is 0 Å². The zero-order valence-corrected chi connectivity index (χ0v) is 25.1. The molecule has 0 unspecified atom stereocenters. The van der Waals surface area contributed by atoms with Crippen LogP contribution in [0, 0.1) is 5.41 Å². The Kier molecular flexibility index (Phi) is 17.5. The van der Waals surface area contributed by atoms with Crippen molar-refractivity contribution >= 4 is 5.78 Å². The smallest absolute Gasteiger partial charge is 0.163 e. The quantitative estimate of drug-likeness (QED) is 0.210. The molecule has 0 bridgehead atoms. The molecule has 0 atom stereocenters. The number of carbonyl (C=O) groups is 1. The summed E-state index contributed by atoms with van der Waals surface area (Å²) in [5.41, 5.74) is -0.773. The van der Waals surface area contributed by atoms with Crippen molar-refractivity contribution in [2.45, 2.75) is 98.8 Å². The Morgan fingerprint density at radius 1 is 0.556 bits per heavy atom. The summed E-state index contributed by atoms with van der Waals surface area (Å²) >= 11 is 0. The van der Waals surface area contributed by atoms with Crippen LogP contribution in [0.1, 0.15) is 82.1 Å². The molecule has 36 heavy (non-hydrogen) atoms. The van der Waals surface area contributed by atoms with Crippen molar-refractivity contribution in [3.05, 3.63) is 0 Å². The van der Waals surface area contributed by atoms with Crippen LogP contribution >= 0.6 is 0 Å². The normalized spacial score (nSPS) is 13.4. The molecule has 0 saturated heterocycles. The molecular weight excluding hydrogens is 462 g/mol. The molecule has 0 aromatic heterocycles. The second-order valence-electron chi connectivity index (χ2n) is 12.5. The first-order valence-electron chi connectivity index (χ1n) is 13.4. The number of rotatable bonds is 22. The van der Waals surface area contributed by atoms with E-state index in [0.29, 0.717) is 59.5 Å². The van der Waals surface area contributed by atoms with Crippen LogP contribution in [0.2, 0.25) is 0 Å². The Hall–Kier alpha value is -0.610. The fraction of sp³-hybridized carbons (Fsp3) is 0.964. The standard InChI is InChI=1S/C28H57NO7/c1-25(2,3)24(30)23-34-18-17-33-20-22-36-28(9,10)12-11-27(7,8)35-21-19-32-16-15-31-14-13-29-26(4,5)6/h29H,11-23H2,1-10H3. The van der Waals surface area contributed by atoms with Gasteiger partial charge in [-0.05, 0) is 61.3 Å². The Morgan fingerprint density at radius 2 is 0.944 bits per heavy atom. The molecule has 0 aliphatic rings. The molecule has 8 heteroatoms. The van der Waals surface area contributed by atoms with E-state index in [-0.39, 0.29) is 34.5 Å². The highest BCUT2D eigenvalue weighted by atomic mass is 16.6. The molecule has 1 N–H and O–H groups in total. The van der Waals surface area contributed by atoms with Gasteiger partial charge >= 0.3 is 0 Å². The van der Waals surface area contributed by atoms with Crippen LogP contribution in [0.5, 0.6) is 0 Å². The monoisotopic (exact) mass is 519 g/mol. The van der Waals surface area contributed by atoms with Gasteiger partial charge in [-0.3, -0.25) is 4.79 Å². The molecule has 0 amide bonds. The molecule has 216 valence electrons. The van der Waals surface area contributed by atoms with Crippen LogP contribution in [0.25, 0.3) is 0 Å². The number of hydrogen-bond acceptors (Lipinski definition) is 8. The average molecular weight is 520 g/mol. The topological polar surface area (TPSA) is 84.5 Å². The number of ketones is 1. The summed E-state index contributed by atoms with van der Waals surface area (Å²) in [5.74, 6) is 0.0945. The van der Waals surface area contributed by atoms with Gasteiger partial charge < -0.3 is 33.7 Å². The van der Waals surface area contributed by atoms with E-state index in [1.807, 2.05) is 20.8 Å². The molecule has 0 radical (unpaired) electrons. The number of carbonyl (C=O) groups excluding carboxylic acids is 1. The Balaban J connectivity index is 3.74. The van der Waals surface area contributed by atoms with Crippen molar-refractivity contribution in [3.63, 3.8) is 0 Å². The third kappa shape index (κ3) is 22.6. The number of ether oxygens (including phenoxy) is 6. The molecule has 0 aliphatic heterocycles. The minimum atomic E-state index is -0.368. The predicted molar refractivity (Wildman–Crippen MR) is 145 cm³/mol. The molecular formula is C28H57NO7. The lowest BCUT2D eigenvalue weighted by molar-refractivity contribution is -0.131. The zero-order chi connectivity index (χ0) is 27.7. The second-order valence-corrected chi connectivity index (χ2v) is 12.5. The van der Waals surface area contributed by atoms with Gasteiger partial charge in [0.1, 0.15) is 6.61 Å². The largest absolute Gasteiger partial charge is 0.378 e. The van der Waals surface area contributed by atoms with Gasteiger partial charge in [-0.25, -0.2) is 0 Å². The van der Waals surface area contributed by atoms with E-state index < -0.39 is 0 Å². The molecule has 0 fully saturated rings. The first kappa shape index (κ1) is 35.4. The molecule has 8 nitrogen and oxygen atoms in total. The SMILES string of the molecule is CC(C)(C)NCCOCCOCCOC(C)(C)CCC(C)(C)OCCOCCOCC(=O)C(C)(C)C. The van der Waals surface area contributed by atoms with Gasteiger partial charge in [0.25, 0.3) is 0 Å². The van der Waals surface area contributed by atoms with Crippen LogP contribution in [-0.2, 0) is 33.2 Å². The molecule has 0 spiro atoms. The molecule has 0 rings (SSSR count).